The molecule has 0 aliphatic carbocycles. The van der Waals surface area contributed by atoms with Crippen molar-refractivity contribution >= 4 is 11.6 Å². The predicted octanol–water partition coefficient (Wildman–Crippen LogP) is 2.90. The summed E-state index contributed by atoms with van der Waals surface area (Å²) in [7, 11) is 0. The molecule has 2 aromatic rings. The van der Waals surface area contributed by atoms with Gasteiger partial charge in [-0.15, -0.1) is 10.2 Å². The van der Waals surface area contributed by atoms with Crippen LogP contribution in [-0.4, -0.2) is 15.3 Å². The largest absolute Gasteiger partial charge is 0.418 e. The normalized spacial score (nSPS) is 11.8. The van der Waals surface area contributed by atoms with Crippen LogP contribution in [0.4, 0.5) is 13.2 Å². The quantitative estimate of drug-likeness (QED) is 0.917. The first-order valence-electron chi connectivity index (χ1n) is 4.72. The summed E-state index contributed by atoms with van der Waals surface area (Å²) in [6.07, 6.45) is -4.56. The SMILES string of the molecule is OCc1nnc(-c2ccc(Cl)c(C(F)(F)F)c2)o1. The first-order chi connectivity index (χ1) is 8.41. The highest BCUT2D eigenvalue weighted by atomic mass is 35.5. The minimum atomic E-state index is -4.56. The van der Waals surface area contributed by atoms with E-state index < -0.39 is 23.4 Å². The van der Waals surface area contributed by atoms with Crippen molar-refractivity contribution in [3.63, 3.8) is 0 Å². The van der Waals surface area contributed by atoms with Gasteiger partial charge in [0, 0.05) is 5.56 Å². The number of rotatable bonds is 2. The Hall–Kier alpha value is -1.60. The fraction of sp³-hybridized carbons (Fsp3) is 0.200. The molecule has 1 aromatic carbocycles. The third-order valence-corrected chi connectivity index (χ3v) is 2.45. The van der Waals surface area contributed by atoms with Gasteiger partial charge < -0.3 is 9.52 Å². The number of alkyl halides is 3. The Morgan fingerprint density at radius 2 is 2.00 bits per heavy atom. The van der Waals surface area contributed by atoms with Crippen LogP contribution in [0, 0.1) is 0 Å². The average molecular weight is 279 g/mol. The Balaban J connectivity index is 2.47. The van der Waals surface area contributed by atoms with E-state index >= 15 is 0 Å². The topological polar surface area (TPSA) is 59.2 Å². The van der Waals surface area contributed by atoms with Gasteiger partial charge in [-0.25, -0.2) is 0 Å². The Kier molecular flexibility index (Phi) is 3.27. The highest BCUT2D eigenvalue weighted by Crippen LogP contribution is 2.36. The van der Waals surface area contributed by atoms with Crippen molar-refractivity contribution < 1.29 is 22.7 Å². The number of aromatic nitrogens is 2. The average Bonchev–Trinajstić information content (AvgIpc) is 2.76. The highest BCUT2D eigenvalue weighted by molar-refractivity contribution is 6.31. The van der Waals surface area contributed by atoms with Crippen molar-refractivity contribution in [2.24, 2.45) is 0 Å². The molecule has 1 aromatic heterocycles. The van der Waals surface area contributed by atoms with Gasteiger partial charge in [-0.3, -0.25) is 0 Å². The molecule has 8 heteroatoms. The molecule has 2 rings (SSSR count). The van der Waals surface area contributed by atoms with Crippen molar-refractivity contribution in [1.82, 2.24) is 10.2 Å². The summed E-state index contributed by atoms with van der Waals surface area (Å²) in [5.41, 5.74) is -0.899. The molecule has 0 aliphatic heterocycles. The van der Waals surface area contributed by atoms with E-state index in [1.54, 1.807) is 0 Å². The van der Waals surface area contributed by atoms with E-state index in [0.717, 1.165) is 12.1 Å². The molecule has 0 unspecified atom stereocenters. The van der Waals surface area contributed by atoms with Gasteiger partial charge in [0.1, 0.15) is 6.61 Å². The van der Waals surface area contributed by atoms with Gasteiger partial charge in [0.2, 0.25) is 11.8 Å². The Morgan fingerprint density at radius 1 is 1.28 bits per heavy atom. The summed E-state index contributed by atoms with van der Waals surface area (Å²) in [5, 5.41) is 15.3. The highest BCUT2D eigenvalue weighted by Gasteiger charge is 2.33. The lowest BCUT2D eigenvalue weighted by atomic mass is 10.1. The summed E-state index contributed by atoms with van der Waals surface area (Å²) in [6.45, 7) is -0.479. The van der Waals surface area contributed by atoms with Crippen molar-refractivity contribution in [3.8, 4) is 11.5 Å². The third kappa shape index (κ3) is 2.46. The summed E-state index contributed by atoms with van der Waals surface area (Å²) in [6, 6.07) is 3.24. The van der Waals surface area contributed by atoms with Crippen molar-refractivity contribution in [2.45, 2.75) is 12.8 Å². The second-order valence-electron chi connectivity index (χ2n) is 3.35. The molecule has 0 radical (unpaired) electrons. The van der Waals surface area contributed by atoms with E-state index in [2.05, 4.69) is 10.2 Å². The number of halogens is 4. The molecule has 18 heavy (non-hydrogen) atoms. The molecular formula is C10H6ClF3N2O2. The smallest absolute Gasteiger partial charge is 0.417 e. The molecule has 0 bridgehead atoms. The number of hydrogen-bond acceptors (Lipinski definition) is 4. The molecule has 4 nitrogen and oxygen atoms in total. The van der Waals surface area contributed by atoms with Crippen molar-refractivity contribution in [2.75, 3.05) is 0 Å². The number of benzene rings is 1. The number of nitrogens with zero attached hydrogens (tertiary/aromatic N) is 2. The fourth-order valence-corrected chi connectivity index (χ4v) is 1.53. The summed E-state index contributed by atoms with van der Waals surface area (Å²) in [4.78, 5) is 0. The molecule has 96 valence electrons. The van der Waals surface area contributed by atoms with Gasteiger partial charge >= 0.3 is 6.18 Å². The van der Waals surface area contributed by atoms with Gasteiger partial charge in [-0.2, -0.15) is 13.2 Å². The number of aliphatic hydroxyl groups is 1. The summed E-state index contributed by atoms with van der Waals surface area (Å²) < 4.78 is 42.8. The Labute approximate surface area is 104 Å². The molecule has 0 fully saturated rings. The Morgan fingerprint density at radius 3 is 2.56 bits per heavy atom. The Bertz CT molecular complexity index is 568. The molecular weight excluding hydrogens is 273 g/mol. The summed E-state index contributed by atoms with van der Waals surface area (Å²) in [5.74, 6) is -0.185. The first-order valence-corrected chi connectivity index (χ1v) is 5.10. The van der Waals surface area contributed by atoms with E-state index in [0.29, 0.717) is 0 Å². The lowest BCUT2D eigenvalue weighted by molar-refractivity contribution is -0.137. The van der Waals surface area contributed by atoms with E-state index in [1.807, 2.05) is 0 Å². The molecule has 0 saturated heterocycles. The third-order valence-electron chi connectivity index (χ3n) is 2.12. The van der Waals surface area contributed by atoms with Crippen molar-refractivity contribution in [1.29, 1.82) is 0 Å². The second kappa shape index (κ2) is 4.58. The van der Waals surface area contributed by atoms with E-state index in [-0.39, 0.29) is 17.3 Å². The maximum absolute atomic E-state index is 12.6. The van der Waals surface area contributed by atoms with Crippen LogP contribution in [0.3, 0.4) is 0 Å². The molecule has 0 amide bonds. The van der Waals surface area contributed by atoms with Gasteiger partial charge in [0.15, 0.2) is 0 Å². The monoisotopic (exact) mass is 278 g/mol. The molecule has 1 heterocycles. The van der Waals surface area contributed by atoms with Crippen LogP contribution in [-0.2, 0) is 12.8 Å². The number of aliphatic hydroxyl groups excluding tert-OH is 1. The van der Waals surface area contributed by atoms with Crippen molar-refractivity contribution in [3.05, 3.63) is 34.7 Å². The minimum Gasteiger partial charge on any atom is -0.418 e. The maximum Gasteiger partial charge on any atom is 0.417 e. The van der Waals surface area contributed by atoms with Crippen LogP contribution in [0.1, 0.15) is 11.5 Å². The fourth-order valence-electron chi connectivity index (χ4n) is 1.31. The van der Waals surface area contributed by atoms with Crippen LogP contribution in [0.25, 0.3) is 11.5 Å². The van der Waals surface area contributed by atoms with Crippen LogP contribution in [0.5, 0.6) is 0 Å². The van der Waals surface area contributed by atoms with Crippen LogP contribution >= 0.6 is 11.6 Å². The molecule has 0 aliphatic rings. The first kappa shape index (κ1) is 12.8. The van der Waals surface area contributed by atoms with Crippen LogP contribution in [0.15, 0.2) is 22.6 Å². The van der Waals surface area contributed by atoms with Gasteiger partial charge in [-0.05, 0) is 18.2 Å². The van der Waals surface area contributed by atoms with E-state index in [1.165, 1.54) is 6.07 Å². The van der Waals surface area contributed by atoms with Gasteiger partial charge in [0.25, 0.3) is 0 Å². The maximum atomic E-state index is 12.6. The zero-order valence-corrected chi connectivity index (χ0v) is 9.46. The van der Waals surface area contributed by atoms with E-state index in [9.17, 15) is 13.2 Å². The minimum absolute atomic E-state index is 0.0755. The lowest BCUT2D eigenvalue weighted by Gasteiger charge is -2.09. The molecule has 0 atom stereocenters. The zero-order valence-electron chi connectivity index (χ0n) is 8.70. The standard InChI is InChI=1S/C10H6ClF3N2O2/c11-7-2-1-5(3-6(7)10(12,13)14)9-16-15-8(4-17)18-9/h1-3,17H,4H2. The second-order valence-corrected chi connectivity index (χ2v) is 3.76. The van der Waals surface area contributed by atoms with Gasteiger partial charge in [0.05, 0.1) is 10.6 Å². The van der Waals surface area contributed by atoms with Gasteiger partial charge in [-0.1, -0.05) is 11.6 Å². The van der Waals surface area contributed by atoms with Crippen LogP contribution in [0.2, 0.25) is 5.02 Å². The predicted molar refractivity (Wildman–Crippen MR) is 55.7 cm³/mol. The van der Waals surface area contributed by atoms with Crippen LogP contribution < -0.4 is 0 Å². The number of hydrogen-bond donors (Lipinski definition) is 1. The van der Waals surface area contributed by atoms with E-state index in [4.69, 9.17) is 21.1 Å². The molecule has 1 N–H and O–H groups in total. The zero-order chi connectivity index (χ0) is 13.3. The lowest BCUT2D eigenvalue weighted by Crippen LogP contribution is -2.05. The molecule has 0 saturated carbocycles. The molecule has 0 spiro atoms. The summed E-state index contributed by atoms with van der Waals surface area (Å²) >= 11 is 5.47.